The summed E-state index contributed by atoms with van der Waals surface area (Å²) in [5, 5.41) is 9.73. The summed E-state index contributed by atoms with van der Waals surface area (Å²) in [7, 11) is 0. The Bertz CT molecular complexity index is 1890. The predicted molar refractivity (Wildman–Crippen MR) is 198 cm³/mol. The van der Waals surface area contributed by atoms with E-state index < -0.39 is 0 Å². The molecule has 0 aliphatic carbocycles. The van der Waals surface area contributed by atoms with E-state index in [0.29, 0.717) is 16.6 Å². The molecule has 6 nitrogen and oxygen atoms in total. The summed E-state index contributed by atoms with van der Waals surface area (Å²) >= 11 is 13.9. The molecule has 0 saturated carbocycles. The van der Waals surface area contributed by atoms with Crippen molar-refractivity contribution in [1.29, 1.82) is 0 Å². The number of halogens is 3. The number of hydrazone groups is 1. The number of rotatable bonds is 9. The monoisotopic (exact) mass is 698 g/mol. The first-order valence-electron chi connectivity index (χ1n) is 16.4. The second-order valence-corrected chi connectivity index (χ2v) is 14.0. The molecular weight excluding hydrogens is 662 g/mol. The Morgan fingerprint density at radius 2 is 1.60 bits per heavy atom. The summed E-state index contributed by atoms with van der Waals surface area (Å²) < 4.78 is 18.9. The lowest BCUT2D eigenvalue weighted by atomic mass is 9.91. The standard InChI is InChI=1S/C38H37Cl2FN6S/c39-30-11-9-28(10-12-30)37-35(27-6-2-1-3-7-27)26-47(43-37)38(44-48-33-16-13-31(40)14-17-33)46-22-20-45(21-23-46)19-5-4-8-29-25-42-36-18-15-32(41)24-34(29)36/h1-3,6-7,9-18,24-25,35,42H,4-5,8,19-23,26H2/b44-38-. The Kier molecular flexibility index (Phi) is 10.3. The molecular formula is C38H37Cl2FN6S. The number of nitrogens with zero attached hydrogens (tertiary/aromatic N) is 5. The van der Waals surface area contributed by atoms with Crippen molar-refractivity contribution in [2.45, 2.75) is 30.1 Å². The van der Waals surface area contributed by atoms with Gasteiger partial charge in [0.25, 0.3) is 0 Å². The van der Waals surface area contributed by atoms with Gasteiger partial charge in [0.15, 0.2) is 0 Å². The van der Waals surface area contributed by atoms with Crippen molar-refractivity contribution in [3.05, 3.63) is 136 Å². The van der Waals surface area contributed by atoms with E-state index in [2.05, 4.69) is 56.2 Å². The molecule has 4 aromatic carbocycles. The molecule has 0 amide bonds. The molecule has 0 radical (unpaired) electrons. The number of unbranched alkanes of at least 4 members (excludes halogenated alkanes) is 1. The van der Waals surface area contributed by atoms with E-state index >= 15 is 0 Å². The highest BCUT2D eigenvalue weighted by molar-refractivity contribution is 7.98. The van der Waals surface area contributed by atoms with Crippen LogP contribution >= 0.6 is 35.1 Å². The van der Waals surface area contributed by atoms with Gasteiger partial charge in [0, 0.05) is 76.1 Å². The summed E-state index contributed by atoms with van der Waals surface area (Å²) in [4.78, 5) is 9.20. The molecule has 2 aliphatic heterocycles. The van der Waals surface area contributed by atoms with Crippen molar-refractivity contribution in [3.8, 4) is 0 Å². The Labute approximate surface area is 295 Å². The molecule has 0 spiro atoms. The van der Waals surface area contributed by atoms with Gasteiger partial charge in [-0.25, -0.2) is 9.40 Å². The van der Waals surface area contributed by atoms with Crippen LogP contribution < -0.4 is 0 Å². The number of H-pyrrole nitrogens is 1. The van der Waals surface area contributed by atoms with Crippen molar-refractivity contribution >= 4 is 57.7 Å². The third-order valence-corrected chi connectivity index (χ3v) is 10.3. The Balaban J connectivity index is 1.05. The highest BCUT2D eigenvalue weighted by atomic mass is 35.5. The Morgan fingerprint density at radius 1 is 0.875 bits per heavy atom. The van der Waals surface area contributed by atoms with Gasteiger partial charge in [0.2, 0.25) is 5.96 Å². The first-order chi connectivity index (χ1) is 23.5. The lowest BCUT2D eigenvalue weighted by Crippen LogP contribution is -2.52. The van der Waals surface area contributed by atoms with Crippen LogP contribution in [-0.4, -0.2) is 70.7 Å². The normalized spacial score (nSPS) is 17.4. The summed E-state index contributed by atoms with van der Waals surface area (Å²) in [6.45, 7) is 5.36. The minimum absolute atomic E-state index is 0.0908. The maximum Gasteiger partial charge on any atom is 0.229 e. The molecule has 2 aliphatic rings. The van der Waals surface area contributed by atoms with E-state index in [0.717, 1.165) is 85.0 Å². The van der Waals surface area contributed by atoms with Crippen LogP contribution in [0.4, 0.5) is 4.39 Å². The number of aromatic amines is 1. The highest BCUT2D eigenvalue weighted by Gasteiger charge is 2.34. The van der Waals surface area contributed by atoms with Crippen molar-refractivity contribution < 1.29 is 4.39 Å². The summed E-state index contributed by atoms with van der Waals surface area (Å²) in [5.41, 5.74) is 5.47. The number of nitrogens with one attached hydrogen (secondary N) is 1. The maximum atomic E-state index is 13.8. The zero-order valence-electron chi connectivity index (χ0n) is 26.5. The fourth-order valence-corrected chi connectivity index (χ4v) is 7.40. The molecule has 1 saturated heterocycles. The van der Waals surface area contributed by atoms with Crippen molar-refractivity contribution in [2.24, 2.45) is 9.50 Å². The molecule has 1 unspecified atom stereocenters. The molecule has 1 aromatic heterocycles. The molecule has 246 valence electrons. The zero-order valence-corrected chi connectivity index (χ0v) is 28.9. The van der Waals surface area contributed by atoms with Crippen LogP contribution in [0.3, 0.4) is 0 Å². The molecule has 1 fully saturated rings. The van der Waals surface area contributed by atoms with Gasteiger partial charge in [-0.15, -0.1) is 0 Å². The maximum absolute atomic E-state index is 13.8. The molecule has 1 N–H and O–H groups in total. The molecule has 5 aromatic rings. The van der Waals surface area contributed by atoms with Crippen LogP contribution in [0.15, 0.2) is 118 Å². The highest BCUT2D eigenvalue weighted by Crippen LogP contribution is 2.32. The number of fused-ring (bicyclic) bond motifs is 1. The number of piperazine rings is 1. The molecule has 3 heterocycles. The molecule has 7 rings (SSSR count). The Morgan fingerprint density at radius 3 is 2.35 bits per heavy atom. The third kappa shape index (κ3) is 7.73. The van der Waals surface area contributed by atoms with Gasteiger partial charge >= 0.3 is 0 Å². The van der Waals surface area contributed by atoms with E-state index in [4.69, 9.17) is 32.7 Å². The minimum Gasteiger partial charge on any atom is -0.361 e. The number of guanidine groups is 1. The summed E-state index contributed by atoms with van der Waals surface area (Å²) in [6, 6.07) is 31.3. The van der Waals surface area contributed by atoms with Gasteiger partial charge in [-0.3, -0.25) is 4.90 Å². The quantitative estimate of drug-likeness (QED) is 0.0722. The van der Waals surface area contributed by atoms with Crippen LogP contribution in [0, 0.1) is 5.82 Å². The average Bonchev–Trinajstić information content (AvgIpc) is 3.73. The topological polar surface area (TPSA) is 50.2 Å². The largest absolute Gasteiger partial charge is 0.361 e. The Hall–Kier alpha value is -3.82. The van der Waals surface area contributed by atoms with Gasteiger partial charge in [0.1, 0.15) is 5.82 Å². The van der Waals surface area contributed by atoms with Crippen molar-refractivity contribution in [1.82, 2.24) is 19.8 Å². The fraction of sp³-hybridized carbons (Fsp3) is 0.263. The molecule has 48 heavy (non-hydrogen) atoms. The van der Waals surface area contributed by atoms with E-state index in [1.807, 2.05) is 54.7 Å². The number of aryl methyl sites for hydroxylation is 1. The molecule has 10 heteroatoms. The van der Waals surface area contributed by atoms with E-state index in [1.165, 1.54) is 29.1 Å². The van der Waals surface area contributed by atoms with Crippen LogP contribution in [0.25, 0.3) is 10.9 Å². The van der Waals surface area contributed by atoms with Crippen LogP contribution in [0.5, 0.6) is 0 Å². The van der Waals surface area contributed by atoms with Crippen molar-refractivity contribution in [2.75, 3.05) is 39.3 Å². The second-order valence-electron chi connectivity index (χ2n) is 12.3. The molecule has 0 bridgehead atoms. The van der Waals surface area contributed by atoms with E-state index in [9.17, 15) is 4.39 Å². The van der Waals surface area contributed by atoms with Gasteiger partial charge in [-0.2, -0.15) is 9.50 Å². The first-order valence-corrected chi connectivity index (χ1v) is 17.9. The van der Waals surface area contributed by atoms with E-state index in [-0.39, 0.29) is 11.7 Å². The van der Waals surface area contributed by atoms with Gasteiger partial charge < -0.3 is 9.88 Å². The van der Waals surface area contributed by atoms with E-state index in [1.54, 1.807) is 6.07 Å². The number of hydrogen-bond acceptors (Lipinski definition) is 4. The number of aromatic nitrogens is 1. The lowest BCUT2D eigenvalue weighted by Gasteiger charge is -2.38. The summed E-state index contributed by atoms with van der Waals surface area (Å²) in [5.74, 6) is 0.770. The third-order valence-electron chi connectivity index (χ3n) is 9.09. The van der Waals surface area contributed by atoms with Gasteiger partial charge in [0.05, 0.1) is 12.3 Å². The lowest BCUT2D eigenvalue weighted by molar-refractivity contribution is 0.168. The second kappa shape index (κ2) is 15.2. The van der Waals surface area contributed by atoms with Gasteiger partial charge in [-0.05, 0) is 97.1 Å². The number of benzene rings is 4. The molecule has 1 atom stereocenters. The van der Waals surface area contributed by atoms with Crippen molar-refractivity contribution in [3.63, 3.8) is 0 Å². The average molecular weight is 700 g/mol. The predicted octanol–water partition coefficient (Wildman–Crippen LogP) is 9.12. The van der Waals surface area contributed by atoms with Crippen LogP contribution in [-0.2, 0) is 6.42 Å². The number of hydrogen-bond donors (Lipinski definition) is 1. The smallest absolute Gasteiger partial charge is 0.229 e. The fourth-order valence-electron chi connectivity index (χ4n) is 6.49. The minimum atomic E-state index is -0.188. The van der Waals surface area contributed by atoms with Crippen LogP contribution in [0.1, 0.15) is 35.4 Å². The van der Waals surface area contributed by atoms with Gasteiger partial charge in [-0.1, -0.05) is 65.7 Å². The SMILES string of the molecule is Fc1ccc2[nH]cc(CCCCN3CCN(/C(=N/Sc4ccc(Cl)cc4)N4CC(c5ccccc5)C(c5ccc(Cl)cc5)=N4)CC3)c2c1. The van der Waals surface area contributed by atoms with Crippen LogP contribution in [0.2, 0.25) is 10.0 Å². The zero-order chi connectivity index (χ0) is 32.9. The first kappa shape index (κ1) is 32.7. The summed E-state index contributed by atoms with van der Waals surface area (Å²) in [6.07, 6.45) is 5.11.